The number of fused-ring (bicyclic) bond motifs is 1. The lowest BCUT2D eigenvalue weighted by atomic mass is 9.81. The molecular formula is C23H24N2O3. The average molecular weight is 376 g/mol. The number of ketones is 1. The summed E-state index contributed by atoms with van der Waals surface area (Å²) in [5, 5.41) is 3.47. The van der Waals surface area contributed by atoms with Crippen molar-refractivity contribution in [2.24, 2.45) is 5.92 Å². The molecule has 0 saturated heterocycles. The van der Waals surface area contributed by atoms with Crippen LogP contribution in [-0.4, -0.2) is 18.8 Å². The van der Waals surface area contributed by atoms with Crippen molar-refractivity contribution >= 4 is 23.1 Å². The van der Waals surface area contributed by atoms with Crippen molar-refractivity contribution in [2.45, 2.75) is 32.7 Å². The van der Waals surface area contributed by atoms with E-state index in [1.807, 2.05) is 48.5 Å². The highest BCUT2D eigenvalue weighted by Gasteiger charge is 2.39. The number of amides is 1. The van der Waals surface area contributed by atoms with Crippen molar-refractivity contribution in [2.75, 3.05) is 17.3 Å². The Morgan fingerprint density at radius 2 is 1.82 bits per heavy atom. The summed E-state index contributed by atoms with van der Waals surface area (Å²) in [5.41, 5.74) is 4.13. The molecule has 1 aliphatic heterocycles. The van der Waals surface area contributed by atoms with Crippen molar-refractivity contribution in [3.05, 3.63) is 65.4 Å². The Morgan fingerprint density at radius 3 is 2.50 bits per heavy atom. The van der Waals surface area contributed by atoms with E-state index in [0.29, 0.717) is 12.0 Å². The largest absolute Gasteiger partial charge is 0.497 e. The van der Waals surface area contributed by atoms with E-state index < -0.39 is 6.04 Å². The maximum absolute atomic E-state index is 13.2. The normalized spacial score (nSPS) is 21.4. The first-order chi connectivity index (χ1) is 13.5. The Bertz CT molecular complexity index is 962. The van der Waals surface area contributed by atoms with E-state index in [2.05, 4.69) is 12.2 Å². The van der Waals surface area contributed by atoms with Crippen molar-refractivity contribution in [1.82, 2.24) is 0 Å². The van der Waals surface area contributed by atoms with Gasteiger partial charge in [0, 0.05) is 24.6 Å². The van der Waals surface area contributed by atoms with Crippen LogP contribution in [0.2, 0.25) is 0 Å². The number of Topliss-reactive ketones (excluding diaryl/α,β-unsaturated/α-hetero) is 1. The van der Waals surface area contributed by atoms with Gasteiger partial charge in [-0.1, -0.05) is 31.2 Å². The summed E-state index contributed by atoms with van der Waals surface area (Å²) in [5.74, 6) is 1.01. The summed E-state index contributed by atoms with van der Waals surface area (Å²) in [6.45, 7) is 3.64. The number of nitrogens with one attached hydrogen (secondary N) is 1. The summed E-state index contributed by atoms with van der Waals surface area (Å²) >= 11 is 0. The lowest BCUT2D eigenvalue weighted by Crippen LogP contribution is -2.37. The molecule has 2 aromatic rings. The van der Waals surface area contributed by atoms with Gasteiger partial charge in [0.1, 0.15) is 5.75 Å². The number of carbonyl (C=O) groups excluding carboxylic acids is 2. The fourth-order valence-corrected chi connectivity index (χ4v) is 4.23. The van der Waals surface area contributed by atoms with E-state index in [-0.39, 0.29) is 17.6 Å². The topological polar surface area (TPSA) is 58.6 Å². The number of nitrogens with zero attached hydrogens (tertiary/aromatic N) is 1. The quantitative estimate of drug-likeness (QED) is 0.840. The fraction of sp³-hybridized carbons (Fsp3) is 0.304. The van der Waals surface area contributed by atoms with Crippen molar-refractivity contribution in [3.63, 3.8) is 0 Å². The fourth-order valence-electron chi connectivity index (χ4n) is 4.23. The van der Waals surface area contributed by atoms with E-state index in [4.69, 9.17) is 4.74 Å². The summed E-state index contributed by atoms with van der Waals surface area (Å²) in [7, 11) is 1.62. The molecular weight excluding hydrogens is 352 g/mol. The molecule has 2 aromatic carbocycles. The molecule has 5 nitrogen and oxygen atoms in total. The summed E-state index contributed by atoms with van der Waals surface area (Å²) in [6, 6.07) is 14.9. The van der Waals surface area contributed by atoms with Crippen LogP contribution in [0.15, 0.2) is 59.8 Å². The van der Waals surface area contributed by atoms with E-state index in [1.54, 1.807) is 18.9 Å². The molecule has 28 heavy (non-hydrogen) atoms. The number of carbonyl (C=O) groups is 2. The minimum absolute atomic E-state index is 0.0983. The van der Waals surface area contributed by atoms with Gasteiger partial charge in [0.25, 0.3) is 0 Å². The molecule has 0 fully saturated rings. The Labute approximate surface area is 165 Å². The Hall–Kier alpha value is -3.08. The summed E-state index contributed by atoms with van der Waals surface area (Å²) in [4.78, 5) is 27.7. The monoisotopic (exact) mass is 376 g/mol. The molecule has 1 N–H and O–H groups in total. The van der Waals surface area contributed by atoms with Crippen LogP contribution in [0.5, 0.6) is 5.75 Å². The number of benzene rings is 2. The second-order valence-corrected chi connectivity index (χ2v) is 7.54. The average Bonchev–Trinajstić information content (AvgIpc) is 2.82. The zero-order valence-corrected chi connectivity index (χ0v) is 16.4. The molecule has 2 atom stereocenters. The van der Waals surface area contributed by atoms with Gasteiger partial charge in [0.15, 0.2) is 5.78 Å². The van der Waals surface area contributed by atoms with Gasteiger partial charge in [0.2, 0.25) is 5.91 Å². The van der Waals surface area contributed by atoms with E-state index >= 15 is 0 Å². The first kappa shape index (κ1) is 18.3. The van der Waals surface area contributed by atoms with Crippen LogP contribution in [0, 0.1) is 5.92 Å². The second-order valence-electron chi connectivity index (χ2n) is 7.54. The van der Waals surface area contributed by atoms with Crippen LogP contribution >= 0.6 is 0 Å². The predicted octanol–water partition coefficient (Wildman–Crippen LogP) is 4.47. The molecule has 0 bridgehead atoms. The van der Waals surface area contributed by atoms with Gasteiger partial charge < -0.3 is 10.1 Å². The number of para-hydroxylation sites is 2. The molecule has 1 aliphatic carbocycles. The van der Waals surface area contributed by atoms with Crippen LogP contribution in [0.1, 0.15) is 38.3 Å². The maximum Gasteiger partial charge on any atom is 0.224 e. The van der Waals surface area contributed by atoms with Gasteiger partial charge in [-0.25, -0.2) is 0 Å². The molecule has 0 spiro atoms. The molecule has 1 heterocycles. The van der Waals surface area contributed by atoms with E-state index in [9.17, 15) is 9.59 Å². The smallest absolute Gasteiger partial charge is 0.224 e. The number of hydrogen-bond acceptors (Lipinski definition) is 4. The number of methoxy groups -OCH3 is 1. The Kier molecular flexibility index (Phi) is 4.67. The highest BCUT2D eigenvalue weighted by atomic mass is 16.5. The van der Waals surface area contributed by atoms with Crippen LogP contribution in [0.25, 0.3) is 0 Å². The van der Waals surface area contributed by atoms with E-state index in [0.717, 1.165) is 34.8 Å². The van der Waals surface area contributed by atoms with Crippen molar-refractivity contribution in [1.29, 1.82) is 0 Å². The third kappa shape index (κ3) is 3.07. The molecule has 144 valence electrons. The minimum atomic E-state index is -0.463. The molecule has 0 aromatic heterocycles. The molecule has 2 unspecified atom stereocenters. The summed E-state index contributed by atoms with van der Waals surface area (Å²) < 4.78 is 5.28. The van der Waals surface area contributed by atoms with Gasteiger partial charge in [-0.15, -0.1) is 0 Å². The summed E-state index contributed by atoms with van der Waals surface area (Å²) in [6.07, 6.45) is 1.28. The third-order valence-electron chi connectivity index (χ3n) is 5.46. The lowest BCUT2D eigenvalue weighted by Gasteiger charge is -2.34. The highest BCUT2D eigenvalue weighted by Crippen LogP contribution is 2.45. The molecule has 0 saturated carbocycles. The van der Waals surface area contributed by atoms with Crippen molar-refractivity contribution in [3.8, 4) is 5.75 Å². The molecule has 2 aliphatic rings. The number of anilines is 2. The molecule has 4 rings (SSSR count). The lowest BCUT2D eigenvalue weighted by molar-refractivity contribution is -0.117. The molecule has 1 amide bonds. The zero-order valence-electron chi connectivity index (χ0n) is 16.4. The number of allylic oxidation sites excluding steroid dienone is 1. The molecule has 5 heteroatoms. The minimum Gasteiger partial charge on any atom is -0.497 e. The number of rotatable bonds is 2. The SMILES string of the molecule is COc1ccc(C2C3=C(CC(C)CC3=O)Nc3ccccc3N2C(C)=O)cc1. The zero-order chi connectivity index (χ0) is 19.8. The maximum atomic E-state index is 13.2. The van der Waals surface area contributed by atoms with E-state index in [1.165, 1.54) is 0 Å². The van der Waals surface area contributed by atoms with Crippen LogP contribution in [0.3, 0.4) is 0 Å². The first-order valence-electron chi connectivity index (χ1n) is 9.55. The van der Waals surface area contributed by atoms with Crippen molar-refractivity contribution < 1.29 is 14.3 Å². The Morgan fingerprint density at radius 1 is 1.11 bits per heavy atom. The van der Waals surface area contributed by atoms with Gasteiger partial charge in [-0.2, -0.15) is 0 Å². The standard InChI is InChI=1S/C23H24N2O3/c1-14-12-19-22(21(27)13-14)23(16-8-10-17(28-3)11-9-16)25(15(2)26)20-7-5-4-6-18(20)24-19/h4-11,14,23-24H,12-13H2,1-3H3. The van der Waals surface area contributed by atoms with Crippen LogP contribution < -0.4 is 15.0 Å². The molecule has 0 radical (unpaired) electrons. The van der Waals surface area contributed by atoms with Crippen LogP contribution in [-0.2, 0) is 9.59 Å². The van der Waals surface area contributed by atoms with Crippen LogP contribution in [0.4, 0.5) is 11.4 Å². The Balaban J connectivity index is 1.96. The number of hydrogen-bond donors (Lipinski definition) is 1. The van der Waals surface area contributed by atoms with Gasteiger partial charge in [-0.05, 0) is 42.2 Å². The van der Waals surface area contributed by atoms with Gasteiger partial charge in [-0.3, -0.25) is 14.5 Å². The van der Waals surface area contributed by atoms with Gasteiger partial charge in [0.05, 0.1) is 24.5 Å². The highest BCUT2D eigenvalue weighted by molar-refractivity contribution is 6.05. The van der Waals surface area contributed by atoms with Gasteiger partial charge >= 0.3 is 0 Å². The predicted molar refractivity (Wildman–Crippen MR) is 109 cm³/mol. The first-order valence-corrected chi connectivity index (χ1v) is 9.55. The third-order valence-corrected chi connectivity index (χ3v) is 5.46. The second kappa shape index (κ2) is 7.15. The number of ether oxygens (including phenoxy) is 1.